The Bertz CT molecular complexity index is 868. The predicted octanol–water partition coefficient (Wildman–Crippen LogP) is 12.7. The Labute approximate surface area is 246 Å². The average Bonchev–Trinajstić information content (AvgIpc) is 2.98. The largest absolute Gasteiger partial charge is 0.490 e. The summed E-state index contributed by atoms with van der Waals surface area (Å²) in [5, 5.41) is 8.97. The minimum atomic E-state index is 0.684. The van der Waals surface area contributed by atoms with Crippen LogP contribution < -0.4 is 9.47 Å². The second kappa shape index (κ2) is 24.4. The molecule has 4 nitrogen and oxygen atoms in total. The normalized spacial score (nSPS) is 11.3. The van der Waals surface area contributed by atoms with E-state index in [4.69, 9.17) is 9.47 Å². The van der Waals surface area contributed by atoms with Crippen LogP contribution in [0.1, 0.15) is 142 Å². The third-order valence-electron chi connectivity index (χ3n) is 7.49. The smallest absolute Gasteiger partial charge is 0.188 e. The average molecular weight is 551 g/mol. The van der Waals surface area contributed by atoms with Gasteiger partial charge in [0.25, 0.3) is 0 Å². The summed E-state index contributed by atoms with van der Waals surface area (Å²) in [5.74, 6) is 1.51. The first-order chi connectivity index (χ1) is 19.8. The van der Waals surface area contributed by atoms with Crippen molar-refractivity contribution in [1.29, 1.82) is 0 Å². The van der Waals surface area contributed by atoms with Crippen molar-refractivity contribution >= 4 is 11.4 Å². The van der Waals surface area contributed by atoms with E-state index in [0.29, 0.717) is 13.2 Å². The summed E-state index contributed by atoms with van der Waals surface area (Å²) in [7, 11) is 0. The number of hydrogen-bond donors (Lipinski definition) is 0. The molecule has 40 heavy (non-hydrogen) atoms. The highest BCUT2D eigenvalue weighted by molar-refractivity contribution is 5.59. The van der Waals surface area contributed by atoms with E-state index in [9.17, 15) is 0 Å². The molecule has 0 amide bonds. The van der Waals surface area contributed by atoms with E-state index < -0.39 is 0 Å². The van der Waals surface area contributed by atoms with E-state index >= 15 is 0 Å². The van der Waals surface area contributed by atoms with Gasteiger partial charge in [-0.05, 0) is 37.1 Å². The molecule has 2 aromatic carbocycles. The van der Waals surface area contributed by atoms with Crippen LogP contribution in [-0.4, -0.2) is 13.2 Å². The zero-order valence-corrected chi connectivity index (χ0v) is 25.9. The lowest BCUT2D eigenvalue weighted by Crippen LogP contribution is -2.03. The molecule has 2 rings (SSSR count). The molecule has 0 aliphatic rings. The fraction of sp³-hybridized carbons (Fsp3) is 0.667. The Balaban J connectivity index is 1.77. The van der Waals surface area contributed by atoms with Gasteiger partial charge in [-0.15, -0.1) is 5.11 Å². The number of rotatable bonds is 26. The molecular weight excluding hydrogens is 492 g/mol. The molecule has 0 fully saturated rings. The van der Waals surface area contributed by atoms with Crippen molar-refractivity contribution in [3.8, 4) is 11.5 Å². The van der Waals surface area contributed by atoms with Gasteiger partial charge >= 0.3 is 0 Å². The summed E-state index contributed by atoms with van der Waals surface area (Å²) >= 11 is 0. The van der Waals surface area contributed by atoms with E-state index in [1.54, 1.807) is 0 Å². The number of hydrogen-bond acceptors (Lipinski definition) is 4. The quantitative estimate of drug-likeness (QED) is 0.0863. The molecule has 224 valence electrons. The third kappa shape index (κ3) is 16.7. The predicted molar refractivity (Wildman–Crippen MR) is 172 cm³/mol. The van der Waals surface area contributed by atoms with Crippen molar-refractivity contribution < 1.29 is 9.47 Å². The van der Waals surface area contributed by atoms with Crippen molar-refractivity contribution in [3.05, 3.63) is 48.5 Å². The molecule has 0 radical (unpaired) electrons. The number of azo groups is 1. The molecule has 0 saturated carbocycles. The van der Waals surface area contributed by atoms with Gasteiger partial charge in [0.05, 0.1) is 18.9 Å². The zero-order chi connectivity index (χ0) is 28.4. The van der Waals surface area contributed by atoms with Crippen molar-refractivity contribution in [2.75, 3.05) is 13.2 Å². The Kier molecular flexibility index (Phi) is 20.7. The first kappa shape index (κ1) is 33.8. The number of benzene rings is 2. The Morgan fingerprint density at radius 2 is 0.925 bits per heavy atom. The molecule has 0 saturated heterocycles. The summed E-state index contributed by atoms with van der Waals surface area (Å²) in [6.45, 7) is 5.95. The Morgan fingerprint density at radius 1 is 0.450 bits per heavy atom. The van der Waals surface area contributed by atoms with Crippen LogP contribution >= 0.6 is 0 Å². The van der Waals surface area contributed by atoms with Gasteiger partial charge in [0.1, 0.15) is 5.69 Å². The maximum atomic E-state index is 6.30. The minimum Gasteiger partial charge on any atom is -0.490 e. The number of para-hydroxylation sites is 1. The van der Waals surface area contributed by atoms with E-state index in [1.807, 2.05) is 48.5 Å². The molecule has 4 heteroatoms. The highest BCUT2D eigenvalue weighted by Crippen LogP contribution is 2.38. The van der Waals surface area contributed by atoms with Crippen molar-refractivity contribution in [1.82, 2.24) is 0 Å². The molecule has 0 spiro atoms. The van der Waals surface area contributed by atoms with Crippen LogP contribution in [0.2, 0.25) is 0 Å². The lowest BCUT2D eigenvalue weighted by Gasteiger charge is -2.14. The standard InChI is InChI=1S/C36H58N2O2/c1-3-5-7-9-11-13-15-17-19-24-31-39-35-30-26-29-34(38-37-33-27-22-21-23-28-33)36(35)40-32-25-20-18-16-14-12-10-8-6-4-2/h21-23,26-30H,3-20,24-25,31-32H2,1-2H3. The van der Waals surface area contributed by atoms with Crippen molar-refractivity contribution in [2.45, 2.75) is 142 Å². The minimum absolute atomic E-state index is 0.684. The van der Waals surface area contributed by atoms with Gasteiger partial charge in [-0.25, -0.2) is 0 Å². The summed E-state index contributed by atoms with van der Waals surface area (Å²) in [6.07, 6.45) is 26.3. The van der Waals surface area contributed by atoms with Crippen LogP contribution in [-0.2, 0) is 0 Å². The van der Waals surface area contributed by atoms with Gasteiger partial charge in [0.2, 0.25) is 0 Å². The molecule has 0 aliphatic carbocycles. The van der Waals surface area contributed by atoms with Gasteiger partial charge in [0, 0.05) is 0 Å². The van der Waals surface area contributed by atoms with Crippen LogP contribution in [0.5, 0.6) is 11.5 Å². The van der Waals surface area contributed by atoms with Gasteiger partial charge in [0.15, 0.2) is 11.5 Å². The molecule has 0 bridgehead atoms. The number of unbranched alkanes of at least 4 members (excludes halogenated alkanes) is 18. The Hall–Kier alpha value is -2.36. The molecule has 0 atom stereocenters. The summed E-state index contributed by atoms with van der Waals surface area (Å²) < 4.78 is 12.5. The van der Waals surface area contributed by atoms with E-state index in [2.05, 4.69) is 24.1 Å². The fourth-order valence-corrected chi connectivity index (χ4v) is 4.98. The van der Waals surface area contributed by atoms with E-state index in [0.717, 1.165) is 35.7 Å². The monoisotopic (exact) mass is 550 g/mol. The Morgan fingerprint density at radius 3 is 1.45 bits per heavy atom. The summed E-state index contributed by atoms with van der Waals surface area (Å²) in [6, 6.07) is 15.8. The second-order valence-corrected chi connectivity index (χ2v) is 11.2. The maximum absolute atomic E-state index is 6.30. The van der Waals surface area contributed by atoms with Gasteiger partial charge < -0.3 is 9.47 Å². The van der Waals surface area contributed by atoms with Gasteiger partial charge in [-0.2, -0.15) is 5.11 Å². The lowest BCUT2D eigenvalue weighted by atomic mass is 10.1. The van der Waals surface area contributed by atoms with E-state index in [-0.39, 0.29) is 0 Å². The van der Waals surface area contributed by atoms with Gasteiger partial charge in [-0.1, -0.05) is 154 Å². The molecule has 0 heterocycles. The van der Waals surface area contributed by atoms with Crippen molar-refractivity contribution in [3.63, 3.8) is 0 Å². The topological polar surface area (TPSA) is 43.2 Å². The molecule has 0 N–H and O–H groups in total. The van der Waals surface area contributed by atoms with E-state index in [1.165, 1.54) is 116 Å². The summed E-state index contributed by atoms with van der Waals surface area (Å²) in [4.78, 5) is 0. The fourth-order valence-electron chi connectivity index (χ4n) is 4.98. The number of ether oxygens (including phenoxy) is 2. The van der Waals surface area contributed by atoms with Gasteiger partial charge in [-0.3, -0.25) is 0 Å². The lowest BCUT2D eigenvalue weighted by molar-refractivity contribution is 0.259. The second-order valence-electron chi connectivity index (χ2n) is 11.2. The maximum Gasteiger partial charge on any atom is 0.188 e. The number of nitrogens with zero attached hydrogens (tertiary/aromatic N) is 2. The first-order valence-corrected chi connectivity index (χ1v) is 16.7. The van der Waals surface area contributed by atoms with Crippen LogP contribution in [0.15, 0.2) is 58.8 Å². The SMILES string of the molecule is CCCCCCCCCCCCOc1cccc(N=Nc2ccccc2)c1OCCCCCCCCCCCC. The first-order valence-electron chi connectivity index (χ1n) is 16.7. The van der Waals surface area contributed by atoms with Crippen LogP contribution in [0, 0.1) is 0 Å². The van der Waals surface area contributed by atoms with Crippen LogP contribution in [0.3, 0.4) is 0 Å². The molecule has 0 unspecified atom stereocenters. The highest BCUT2D eigenvalue weighted by Gasteiger charge is 2.12. The zero-order valence-electron chi connectivity index (χ0n) is 25.9. The third-order valence-corrected chi connectivity index (χ3v) is 7.49. The highest BCUT2D eigenvalue weighted by atomic mass is 16.5. The van der Waals surface area contributed by atoms with Crippen LogP contribution in [0.25, 0.3) is 0 Å². The van der Waals surface area contributed by atoms with Crippen LogP contribution in [0.4, 0.5) is 11.4 Å². The molecular formula is C36H58N2O2. The molecule has 0 aliphatic heterocycles. The molecule has 0 aromatic heterocycles. The van der Waals surface area contributed by atoms with Crippen molar-refractivity contribution in [2.24, 2.45) is 10.2 Å². The molecule has 2 aromatic rings. The summed E-state index contributed by atoms with van der Waals surface area (Å²) in [5.41, 5.74) is 1.57.